The first kappa shape index (κ1) is 11.2. The average Bonchev–Trinajstić information content (AvgIpc) is 2.50. The fourth-order valence-electron chi connectivity index (χ4n) is 1.04. The number of nitrogens with zero attached hydrogens (tertiary/aromatic N) is 1. The number of hydrogen-bond acceptors (Lipinski definition) is 3. The Kier molecular flexibility index (Phi) is 3.84. The summed E-state index contributed by atoms with van der Waals surface area (Å²) in [6.07, 6.45) is 0.242. The number of carbonyl (C=O) groups excluding carboxylic acids is 2. The van der Waals surface area contributed by atoms with Gasteiger partial charge in [0, 0.05) is 31.6 Å². The molecule has 1 rings (SSSR count). The van der Waals surface area contributed by atoms with Gasteiger partial charge in [0.1, 0.15) is 0 Å². The Morgan fingerprint density at radius 1 is 1.53 bits per heavy atom. The molecule has 1 aromatic rings. The second kappa shape index (κ2) is 5.14. The Hall–Kier alpha value is -1.85. The van der Waals surface area contributed by atoms with E-state index in [1.807, 2.05) is 6.92 Å². The predicted molar refractivity (Wildman–Crippen MR) is 55.3 cm³/mol. The second-order valence-corrected chi connectivity index (χ2v) is 3.22. The highest BCUT2D eigenvalue weighted by molar-refractivity contribution is 5.90. The summed E-state index contributed by atoms with van der Waals surface area (Å²) in [4.78, 5) is 21.8. The van der Waals surface area contributed by atoms with Crippen LogP contribution in [0.5, 0.6) is 0 Å². The summed E-state index contributed by atoms with van der Waals surface area (Å²) < 4.78 is 0. The number of aromatic amines is 1. The highest BCUT2D eigenvalue weighted by atomic mass is 16.2. The van der Waals surface area contributed by atoms with E-state index in [0.717, 1.165) is 5.69 Å². The zero-order valence-corrected chi connectivity index (χ0v) is 8.76. The van der Waals surface area contributed by atoms with Crippen LogP contribution in [-0.2, 0) is 9.59 Å². The minimum atomic E-state index is -0.171. The molecular weight excluding hydrogens is 196 g/mol. The van der Waals surface area contributed by atoms with E-state index in [1.165, 1.54) is 6.92 Å². The third-order valence-corrected chi connectivity index (χ3v) is 1.70. The normalized spacial score (nSPS) is 9.73. The van der Waals surface area contributed by atoms with Crippen molar-refractivity contribution in [3.8, 4) is 0 Å². The van der Waals surface area contributed by atoms with E-state index in [-0.39, 0.29) is 18.2 Å². The van der Waals surface area contributed by atoms with E-state index in [9.17, 15) is 9.59 Å². The van der Waals surface area contributed by atoms with Gasteiger partial charge >= 0.3 is 0 Å². The van der Waals surface area contributed by atoms with E-state index >= 15 is 0 Å². The van der Waals surface area contributed by atoms with Crippen LogP contribution in [0.2, 0.25) is 0 Å². The maximum atomic E-state index is 11.3. The number of nitrogens with one attached hydrogen (secondary N) is 3. The van der Waals surface area contributed by atoms with Gasteiger partial charge in [-0.2, -0.15) is 5.10 Å². The summed E-state index contributed by atoms with van der Waals surface area (Å²) in [7, 11) is 0. The monoisotopic (exact) mass is 210 g/mol. The van der Waals surface area contributed by atoms with Crippen LogP contribution in [0.4, 0.5) is 5.82 Å². The van der Waals surface area contributed by atoms with Crippen molar-refractivity contribution in [1.29, 1.82) is 0 Å². The molecular formula is C9H14N4O2. The largest absolute Gasteiger partial charge is 0.356 e. The Morgan fingerprint density at radius 3 is 2.80 bits per heavy atom. The molecule has 0 unspecified atom stereocenters. The Balaban J connectivity index is 2.27. The number of carbonyl (C=O) groups is 2. The molecule has 15 heavy (non-hydrogen) atoms. The molecule has 0 aliphatic rings. The molecule has 0 saturated carbocycles. The fourth-order valence-corrected chi connectivity index (χ4v) is 1.04. The first-order valence-corrected chi connectivity index (χ1v) is 4.64. The van der Waals surface area contributed by atoms with E-state index in [1.54, 1.807) is 6.07 Å². The van der Waals surface area contributed by atoms with Crippen LogP contribution in [0, 0.1) is 6.92 Å². The minimum absolute atomic E-state index is 0.140. The Bertz CT molecular complexity index is 359. The molecule has 0 aromatic carbocycles. The zero-order valence-electron chi connectivity index (χ0n) is 8.76. The van der Waals surface area contributed by atoms with Crippen molar-refractivity contribution < 1.29 is 9.59 Å². The summed E-state index contributed by atoms with van der Waals surface area (Å²) in [5.41, 5.74) is 0.882. The highest BCUT2D eigenvalue weighted by Gasteiger charge is 2.04. The number of hydrogen-bond donors (Lipinski definition) is 3. The first-order chi connectivity index (χ1) is 7.08. The van der Waals surface area contributed by atoms with E-state index < -0.39 is 0 Å². The molecule has 0 saturated heterocycles. The van der Waals surface area contributed by atoms with Gasteiger partial charge in [0.2, 0.25) is 11.8 Å². The molecule has 0 atom stereocenters. The maximum absolute atomic E-state index is 11.3. The van der Waals surface area contributed by atoms with Crippen molar-refractivity contribution in [2.75, 3.05) is 11.9 Å². The predicted octanol–water partition coefficient (Wildman–Crippen LogP) is 0.183. The average molecular weight is 210 g/mol. The van der Waals surface area contributed by atoms with Crippen molar-refractivity contribution in [1.82, 2.24) is 15.5 Å². The highest BCUT2D eigenvalue weighted by Crippen LogP contribution is 2.03. The summed E-state index contributed by atoms with van der Waals surface area (Å²) in [6, 6.07) is 1.73. The lowest BCUT2D eigenvalue weighted by Gasteiger charge is -2.01. The summed E-state index contributed by atoms with van der Waals surface area (Å²) in [5, 5.41) is 11.7. The third-order valence-electron chi connectivity index (χ3n) is 1.70. The molecule has 82 valence electrons. The van der Waals surface area contributed by atoms with Gasteiger partial charge in [-0.1, -0.05) is 0 Å². The summed E-state index contributed by atoms with van der Waals surface area (Å²) in [5.74, 6) is 0.189. The fraction of sp³-hybridized carbons (Fsp3) is 0.444. The lowest BCUT2D eigenvalue weighted by molar-refractivity contribution is -0.119. The van der Waals surface area contributed by atoms with Gasteiger partial charge in [-0.25, -0.2) is 0 Å². The maximum Gasteiger partial charge on any atom is 0.227 e. The number of rotatable bonds is 4. The number of aryl methyl sites for hydroxylation is 1. The van der Waals surface area contributed by atoms with Crippen LogP contribution in [0.15, 0.2) is 6.07 Å². The van der Waals surface area contributed by atoms with Gasteiger partial charge in [0.15, 0.2) is 5.82 Å². The van der Waals surface area contributed by atoms with Crippen molar-refractivity contribution in [3.05, 3.63) is 11.8 Å². The van der Waals surface area contributed by atoms with Crippen molar-refractivity contribution >= 4 is 17.6 Å². The van der Waals surface area contributed by atoms with Crippen molar-refractivity contribution in [2.45, 2.75) is 20.3 Å². The van der Waals surface area contributed by atoms with Crippen LogP contribution < -0.4 is 10.6 Å². The molecule has 6 heteroatoms. The van der Waals surface area contributed by atoms with E-state index in [2.05, 4.69) is 20.8 Å². The summed E-state index contributed by atoms with van der Waals surface area (Å²) >= 11 is 0. The van der Waals surface area contributed by atoms with Gasteiger partial charge in [0.05, 0.1) is 0 Å². The standard InChI is InChI=1S/C9H14N4O2/c1-6-5-8(13-12-6)11-9(15)3-4-10-7(2)14/h5H,3-4H2,1-2H3,(H,10,14)(H2,11,12,13,15). The van der Waals surface area contributed by atoms with Crippen LogP contribution in [0.25, 0.3) is 0 Å². The number of amides is 2. The molecule has 0 aliphatic heterocycles. The number of aromatic nitrogens is 2. The van der Waals surface area contributed by atoms with Crippen LogP contribution in [0.1, 0.15) is 19.0 Å². The van der Waals surface area contributed by atoms with Gasteiger partial charge in [-0.15, -0.1) is 0 Å². The minimum Gasteiger partial charge on any atom is -0.356 e. The number of H-pyrrole nitrogens is 1. The molecule has 3 N–H and O–H groups in total. The molecule has 1 heterocycles. The molecule has 0 aliphatic carbocycles. The van der Waals surface area contributed by atoms with Gasteiger partial charge in [-0.3, -0.25) is 14.7 Å². The smallest absolute Gasteiger partial charge is 0.227 e. The lowest BCUT2D eigenvalue weighted by Crippen LogP contribution is -2.25. The third kappa shape index (κ3) is 4.26. The molecule has 2 amide bonds. The van der Waals surface area contributed by atoms with Gasteiger partial charge in [-0.05, 0) is 6.92 Å². The quantitative estimate of drug-likeness (QED) is 0.662. The zero-order chi connectivity index (χ0) is 11.3. The van der Waals surface area contributed by atoms with E-state index in [4.69, 9.17) is 0 Å². The first-order valence-electron chi connectivity index (χ1n) is 4.64. The van der Waals surface area contributed by atoms with Gasteiger partial charge in [0.25, 0.3) is 0 Å². The second-order valence-electron chi connectivity index (χ2n) is 3.22. The molecule has 0 bridgehead atoms. The van der Waals surface area contributed by atoms with Gasteiger partial charge < -0.3 is 10.6 Å². The molecule has 1 aromatic heterocycles. The van der Waals surface area contributed by atoms with Crippen molar-refractivity contribution in [3.63, 3.8) is 0 Å². The molecule has 0 radical (unpaired) electrons. The van der Waals surface area contributed by atoms with Crippen LogP contribution in [0.3, 0.4) is 0 Å². The van der Waals surface area contributed by atoms with Crippen LogP contribution >= 0.6 is 0 Å². The molecule has 0 spiro atoms. The Morgan fingerprint density at radius 2 is 2.27 bits per heavy atom. The van der Waals surface area contributed by atoms with Crippen LogP contribution in [-0.4, -0.2) is 28.6 Å². The lowest BCUT2D eigenvalue weighted by atomic mass is 10.4. The molecule has 6 nitrogen and oxygen atoms in total. The topological polar surface area (TPSA) is 86.9 Å². The SMILES string of the molecule is CC(=O)NCCC(=O)Nc1cc(C)[nH]n1. The molecule has 0 fully saturated rings. The number of anilines is 1. The summed E-state index contributed by atoms with van der Waals surface area (Å²) in [6.45, 7) is 3.60. The Labute approximate surface area is 87.4 Å². The van der Waals surface area contributed by atoms with E-state index in [0.29, 0.717) is 12.4 Å². The van der Waals surface area contributed by atoms with Crippen molar-refractivity contribution in [2.24, 2.45) is 0 Å².